The molecule has 0 spiro atoms. The van der Waals surface area contributed by atoms with Crippen molar-refractivity contribution in [2.75, 3.05) is 19.1 Å². The molecule has 33 heavy (non-hydrogen) atoms. The fourth-order valence-corrected chi connectivity index (χ4v) is 3.23. The Bertz CT molecular complexity index is 1170. The lowest BCUT2D eigenvalue weighted by molar-refractivity contribution is 0.0728. The summed E-state index contributed by atoms with van der Waals surface area (Å²) < 4.78 is 55.0. The van der Waals surface area contributed by atoms with Crippen LogP contribution in [0, 0.1) is 17.5 Å². The molecule has 0 fully saturated rings. The number of halogens is 4. The van der Waals surface area contributed by atoms with Crippen molar-refractivity contribution in [3.63, 3.8) is 0 Å². The second-order valence-corrected chi connectivity index (χ2v) is 7.41. The van der Waals surface area contributed by atoms with Gasteiger partial charge in [0.05, 0.1) is 12.1 Å². The van der Waals surface area contributed by atoms with Gasteiger partial charge in [0.1, 0.15) is 29.7 Å². The third kappa shape index (κ3) is 4.69. The molecule has 0 unspecified atom stereocenters. The highest BCUT2D eigenvalue weighted by atomic mass is 19.1. The maximum atomic E-state index is 13.8. The van der Waals surface area contributed by atoms with Gasteiger partial charge in [-0.3, -0.25) is 19.1 Å². The number of carbonyl (C=O) groups is 2. The summed E-state index contributed by atoms with van der Waals surface area (Å²) in [6.07, 6.45) is 3.94. The molecule has 2 atom stereocenters. The van der Waals surface area contributed by atoms with Gasteiger partial charge in [-0.1, -0.05) is 12.2 Å². The van der Waals surface area contributed by atoms with E-state index >= 15 is 0 Å². The van der Waals surface area contributed by atoms with Crippen molar-refractivity contribution in [2.45, 2.75) is 25.6 Å². The summed E-state index contributed by atoms with van der Waals surface area (Å²) in [5.41, 5.74) is -0.244. The number of hydrogen-bond acceptors (Lipinski definition) is 5. The Morgan fingerprint density at radius 2 is 1.82 bits per heavy atom. The van der Waals surface area contributed by atoms with E-state index in [-0.39, 0.29) is 0 Å². The summed E-state index contributed by atoms with van der Waals surface area (Å²) in [7, 11) is 1.29. The highest BCUT2D eigenvalue weighted by Crippen LogP contribution is 2.19. The number of nitrogens with one attached hydrogen (secondary N) is 2. The van der Waals surface area contributed by atoms with Gasteiger partial charge in [0.15, 0.2) is 11.4 Å². The summed E-state index contributed by atoms with van der Waals surface area (Å²) in [5, 5.41) is 12.6. The molecule has 2 aromatic rings. The van der Waals surface area contributed by atoms with Crippen LogP contribution in [0.2, 0.25) is 0 Å². The molecular formula is C21H20F4N4O4. The van der Waals surface area contributed by atoms with Gasteiger partial charge >= 0.3 is 0 Å². The Balaban J connectivity index is 1.99. The van der Waals surface area contributed by atoms with E-state index in [1.54, 1.807) is 13.0 Å². The van der Waals surface area contributed by atoms with Crippen molar-refractivity contribution in [3.8, 4) is 5.75 Å². The molecule has 176 valence electrons. The van der Waals surface area contributed by atoms with E-state index in [0.29, 0.717) is 12.1 Å². The number of aromatic nitrogens is 1. The highest BCUT2D eigenvalue weighted by molar-refractivity contribution is 5.98. The van der Waals surface area contributed by atoms with E-state index in [1.807, 2.05) is 0 Å². The lowest BCUT2D eigenvalue weighted by Gasteiger charge is -2.24. The highest BCUT2D eigenvalue weighted by Gasteiger charge is 2.30. The van der Waals surface area contributed by atoms with Crippen molar-refractivity contribution in [1.82, 2.24) is 14.9 Å². The molecule has 1 aromatic heterocycles. The topological polar surface area (TPSA) is 104 Å². The average Bonchev–Trinajstić information content (AvgIpc) is 2.78. The zero-order chi connectivity index (χ0) is 24.4. The predicted octanol–water partition coefficient (Wildman–Crippen LogP) is 1.81. The van der Waals surface area contributed by atoms with Crippen molar-refractivity contribution < 1.29 is 32.3 Å². The molecule has 1 aromatic carbocycles. The van der Waals surface area contributed by atoms with E-state index in [2.05, 4.69) is 10.7 Å². The zero-order valence-electron chi connectivity index (χ0n) is 17.5. The largest absolute Gasteiger partial charge is 0.502 e. The summed E-state index contributed by atoms with van der Waals surface area (Å²) >= 11 is 0. The molecule has 3 rings (SSSR count). The molecule has 3 N–H and O–H groups in total. The SMILES string of the molecule is C[C@@H]1/C=C\[C@H](CF)N(C)C(=O)c2c(O)c(=O)c(C(=O)NCc3c(F)cc(F)cc3F)cn2N1. The Kier molecular flexibility index (Phi) is 6.75. The van der Waals surface area contributed by atoms with Gasteiger partial charge in [-0.25, -0.2) is 17.6 Å². The Labute approximate surface area is 185 Å². The first kappa shape index (κ1) is 23.8. The zero-order valence-corrected chi connectivity index (χ0v) is 17.5. The molecule has 0 aliphatic carbocycles. The van der Waals surface area contributed by atoms with Gasteiger partial charge in [-0.15, -0.1) is 0 Å². The fraction of sp³-hybridized carbons (Fsp3) is 0.286. The number of alkyl halides is 1. The quantitative estimate of drug-likeness (QED) is 0.469. The number of benzene rings is 1. The van der Waals surface area contributed by atoms with Gasteiger partial charge in [0.2, 0.25) is 5.43 Å². The first-order chi connectivity index (χ1) is 15.5. The van der Waals surface area contributed by atoms with Crippen molar-refractivity contribution in [2.24, 2.45) is 0 Å². The van der Waals surface area contributed by atoms with Crippen LogP contribution in [0.5, 0.6) is 5.75 Å². The Morgan fingerprint density at radius 3 is 2.42 bits per heavy atom. The van der Waals surface area contributed by atoms with Gasteiger partial charge in [-0.05, 0) is 6.92 Å². The molecule has 0 radical (unpaired) electrons. The average molecular weight is 468 g/mol. The standard InChI is InChI=1S/C21H20F4N4O4/c1-10-3-4-12(7-22)28(2)21(33)17-19(31)18(30)14(9-29(17)27-10)20(32)26-8-13-15(24)5-11(23)6-16(13)25/h3-6,9-10,12,27,31H,7-8H2,1-2H3,(H,26,32)/b4-3-/t10-,12-/m1/s1. The van der Waals surface area contributed by atoms with Crippen LogP contribution < -0.4 is 16.2 Å². The lowest BCUT2D eigenvalue weighted by Crippen LogP contribution is -2.40. The number of carbonyl (C=O) groups excluding carboxylic acids is 2. The molecule has 1 aliphatic heterocycles. The van der Waals surface area contributed by atoms with E-state index < -0.39 is 82.6 Å². The summed E-state index contributed by atoms with van der Waals surface area (Å²) in [6, 6.07) is -0.597. The van der Waals surface area contributed by atoms with Gasteiger partial charge < -0.3 is 20.7 Å². The maximum Gasteiger partial charge on any atom is 0.276 e. The van der Waals surface area contributed by atoms with Gasteiger partial charge in [-0.2, -0.15) is 0 Å². The minimum absolute atomic E-state index is 0.436. The van der Waals surface area contributed by atoms with Crippen LogP contribution in [0.1, 0.15) is 33.3 Å². The van der Waals surface area contributed by atoms with Crippen LogP contribution >= 0.6 is 0 Å². The Hall–Kier alpha value is -3.83. The molecule has 0 bridgehead atoms. The first-order valence-electron chi connectivity index (χ1n) is 9.73. The molecule has 12 heteroatoms. The normalized spacial score (nSPS) is 19.1. The predicted molar refractivity (Wildman–Crippen MR) is 110 cm³/mol. The molecule has 8 nitrogen and oxygen atoms in total. The summed E-state index contributed by atoms with van der Waals surface area (Å²) in [6.45, 7) is 0.0129. The van der Waals surface area contributed by atoms with E-state index in [1.165, 1.54) is 13.1 Å². The first-order valence-corrected chi connectivity index (χ1v) is 9.73. The van der Waals surface area contributed by atoms with Crippen LogP contribution in [-0.2, 0) is 6.54 Å². The van der Waals surface area contributed by atoms with Crippen LogP contribution in [0.15, 0.2) is 35.3 Å². The molecule has 0 saturated heterocycles. The van der Waals surface area contributed by atoms with Crippen LogP contribution in [0.4, 0.5) is 17.6 Å². The number of hydrogen-bond donors (Lipinski definition) is 3. The molecule has 2 heterocycles. The van der Waals surface area contributed by atoms with E-state index in [0.717, 1.165) is 15.8 Å². The fourth-order valence-electron chi connectivity index (χ4n) is 3.23. The van der Waals surface area contributed by atoms with Crippen LogP contribution in [-0.4, -0.2) is 52.3 Å². The number of rotatable bonds is 4. The second-order valence-electron chi connectivity index (χ2n) is 7.41. The third-order valence-electron chi connectivity index (χ3n) is 5.10. The molecular weight excluding hydrogens is 448 g/mol. The van der Waals surface area contributed by atoms with Gasteiger partial charge in [0.25, 0.3) is 11.8 Å². The van der Waals surface area contributed by atoms with Crippen LogP contribution in [0.25, 0.3) is 0 Å². The smallest absolute Gasteiger partial charge is 0.276 e. The van der Waals surface area contributed by atoms with Crippen molar-refractivity contribution in [3.05, 3.63) is 75.0 Å². The number of nitrogens with zero attached hydrogens (tertiary/aromatic N) is 2. The minimum Gasteiger partial charge on any atom is -0.502 e. The number of pyridine rings is 1. The Morgan fingerprint density at radius 1 is 1.18 bits per heavy atom. The molecule has 0 saturated carbocycles. The third-order valence-corrected chi connectivity index (χ3v) is 5.10. The minimum atomic E-state index is -1.24. The molecule has 2 amide bonds. The number of aromatic hydroxyl groups is 1. The number of fused-ring (bicyclic) bond motifs is 1. The second kappa shape index (κ2) is 9.35. The number of amides is 2. The maximum absolute atomic E-state index is 13.8. The van der Waals surface area contributed by atoms with Crippen molar-refractivity contribution >= 4 is 11.8 Å². The van der Waals surface area contributed by atoms with E-state index in [4.69, 9.17) is 0 Å². The lowest BCUT2D eigenvalue weighted by atomic mass is 10.1. The summed E-state index contributed by atoms with van der Waals surface area (Å²) in [5.74, 6) is -6.68. The number of likely N-dealkylation sites (N-methyl/N-ethyl adjacent to an activating group) is 1. The summed E-state index contributed by atoms with van der Waals surface area (Å²) in [4.78, 5) is 39.0. The van der Waals surface area contributed by atoms with E-state index in [9.17, 15) is 37.1 Å². The van der Waals surface area contributed by atoms with Crippen LogP contribution in [0.3, 0.4) is 0 Å². The van der Waals surface area contributed by atoms with Crippen molar-refractivity contribution in [1.29, 1.82) is 0 Å². The molecule has 1 aliphatic rings. The van der Waals surface area contributed by atoms with Gasteiger partial charge in [0, 0.05) is 37.5 Å². The monoisotopic (exact) mass is 468 g/mol.